The zero-order valence-corrected chi connectivity index (χ0v) is 17.5. The van der Waals surface area contributed by atoms with E-state index in [1.165, 1.54) is 0 Å². The highest BCUT2D eigenvalue weighted by Crippen LogP contribution is 2.37. The molecule has 0 radical (unpaired) electrons. The molecule has 1 saturated heterocycles. The zero-order chi connectivity index (χ0) is 21.0. The first kappa shape index (κ1) is 20.4. The highest BCUT2D eigenvalue weighted by atomic mass is 16.5. The Hall–Kier alpha value is -2.89. The predicted molar refractivity (Wildman–Crippen MR) is 115 cm³/mol. The van der Waals surface area contributed by atoms with Crippen molar-refractivity contribution >= 4 is 18.0 Å². The summed E-state index contributed by atoms with van der Waals surface area (Å²) in [6.07, 6.45) is 9.00. The Morgan fingerprint density at radius 2 is 2.07 bits per heavy atom. The summed E-state index contributed by atoms with van der Waals surface area (Å²) in [6, 6.07) is 10.0. The van der Waals surface area contributed by atoms with Crippen molar-refractivity contribution < 1.29 is 14.3 Å². The van der Waals surface area contributed by atoms with Gasteiger partial charge >= 0.3 is 5.97 Å². The number of likely N-dealkylation sites (tertiary alicyclic amines) is 1. The van der Waals surface area contributed by atoms with Gasteiger partial charge in [-0.2, -0.15) is 5.10 Å². The number of nitrogens with one attached hydrogen (secondary N) is 1. The van der Waals surface area contributed by atoms with Crippen molar-refractivity contribution in [2.75, 3.05) is 19.7 Å². The average molecular weight is 408 g/mol. The number of allylic oxidation sites excluding steroid dienone is 1. The molecule has 6 nitrogen and oxygen atoms in total. The summed E-state index contributed by atoms with van der Waals surface area (Å²) >= 11 is 0. The third-order valence-electron chi connectivity index (χ3n) is 6.20. The smallest absolute Gasteiger partial charge is 0.314 e. The zero-order valence-electron chi connectivity index (χ0n) is 17.5. The lowest BCUT2D eigenvalue weighted by molar-refractivity contribution is -0.158. The molecule has 158 valence electrons. The molecule has 0 bridgehead atoms. The van der Waals surface area contributed by atoms with E-state index in [0.717, 1.165) is 42.5 Å². The van der Waals surface area contributed by atoms with E-state index in [-0.39, 0.29) is 11.9 Å². The van der Waals surface area contributed by atoms with Crippen LogP contribution in [0.4, 0.5) is 0 Å². The van der Waals surface area contributed by atoms with Crippen LogP contribution in [0.2, 0.25) is 0 Å². The van der Waals surface area contributed by atoms with Crippen LogP contribution >= 0.6 is 0 Å². The Balaban J connectivity index is 1.54. The van der Waals surface area contributed by atoms with Crippen LogP contribution in [-0.2, 0) is 22.4 Å². The fraction of sp³-hybridized carbons (Fsp3) is 0.458. The predicted octanol–water partition coefficient (Wildman–Crippen LogP) is 3.79. The largest absolute Gasteiger partial charge is 0.466 e. The Bertz CT molecular complexity index is 934. The molecule has 2 heterocycles. The number of hydrogen-bond acceptors (Lipinski definition) is 4. The van der Waals surface area contributed by atoms with Crippen molar-refractivity contribution in [2.24, 2.45) is 5.41 Å². The van der Waals surface area contributed by atoms with Crippen LogP contribution in [0.15, 0.2) is 36.4 Å². The van der Waals surface area contributed by atoms with Crippen LogP contribution in [-0.4, -0.2) is 46.7 Å². The maximum atomic E-state index is 13.3. The van der Waals surface area contributed by atoms with E-state index in [0.29, 0.717) is 38.2 Å². The third kappa shape index (κ3) is 4.04. The molecule has 0 saturated carbocycles. The van der Waals surface area contributed by atoms with Gasteiger partial charge in [-0.25, -0.2) is 0 Å². The summed E-state index contributed by atoms with van der Waals surface area (Å²) < 4.78 is 5.45. The number of nitrogens with zero attached hydrogens (tertiary/aromatic N) is 2. The van der Waals surface area contributed by atoms with Crippen molar-refractivity contribution in [2.45, 2.75) is 45.4 Å². The first-order valence-electron chi connectivity index (χ1n) is 10.9. The third-order valence-corrected chi connectivity index (χ3v) is 6.20. The normalized spacial score (nSPS) is 21.0. The molecule has 2 aromatic rings. The fourth-order valence-electron chi connectivity index (χ4n) is 4.64. The number of piperidine rings is 1. The minimum atomic E-state index is -0.714. The quantitative estimate of drug-likeness (QED) is 0.740. The van der Waals surface area contributed by atoms with Crippen LogP contribution in [0.25, 0.3) is 6.08 Å². The molecule has 1 amide bonds. The summed E-state index contributed by atoms with van der Waals surface area (Å²) in [7, 11) is 0. The summed E-state index contributed by atoms with van der Waals surface area (Å²) in [5, 5.41) is 7.32. The van der Waals surface area contributed by atoms with Crippen LogP contribution in [0, 0.1) is 5.41 Å². The van der Waals surface area contributed by atoms with Crippen molar-refractivity contribution in [3.63, 3.8) is 0 Å². The Kier molecular flexibility index (Phi) is 6.02. The topological polar surface area (TPSA) is 75.3 Å². The Labute approximate surface area is 177 Å². The number of carbonyl (C=O) groups excluding carboxylic acids is 2. The van der Waals surface area contributed by atoms with E-state index >= 15 is 0 Å². The van der Waals surface area contributed by atoms with Crippen molar-refractivity contribution in [3.8, 4) is 0 Å². The maximum absolute atomic E-state index is 13.3. The first-order valence-corrected chi connectivity index (χ1v) is 10.9. The minimum Gasteiger partial charge on any atom is -0.466 e. The maximum Gasteiger partial charge on any atom is 0.314 e. The number of esters is 1. The lowest BCUT2D eigenvalue weighted by Gasteiger charge is -2.40. The van der Waals surface area contributed by atoms with Crippen molar-refractivity contribution in [3.05, 3.63) is 58.9 Å². The molecule has 4 rings (SSSR count). The highest BCUT2D eigenvalue weighted by Gasteiger charge is 2.44. The molecule has 1 fully saturated rings. The molecule has 1 unspecified atom stereocenters. The molecule has 2 aliphatic rings. The lowest BCUT2D eigenvalue weighted by Crippen LogP contribution is -2.50. The van der Waals surface area contributed by atoms with E-state index in [4.69, 9.17) is 4.74 Å². The second-order valence-corrected chi connectivity index (χ2v) is 8.23. The van der Waals surface area contributed by atoms with Gasteiger partial charge < -0.3 is 9.64 Å². The number of aromatic nitrogens is 2. The van der Waals surface area contributed by atoms with Gasteiger partial charge in [0.15, 0.2) is 5.69 Å². The number of amides is 1. The number of fused-ring (bicyclic) bond motifs is 1. The van der Waals surface area contributed by atoms with E-state index < -0.39 is 5.41 Å². The highest BCUT2D eigenvalue weighted by molar-refractivity contribution is 5.94. The Morgan fingerprint density at radius 1 is 1.23 bits per heavy atom. The molecule has 1 N–H and O–H groups in total. The van der Waals surface area contributed by atoms with E-state index in [2.05, 4.69) is 10.2 Å². The van der Waals surface area contributed by atoms with Crippen molar-refractivity contribution in [1.82, 2.24) is 15.1 Å². The van der Waals surface area contributed by atoms with Gasteiger partial charge in [0.2, 0.25) is 0 Å². The second kappa shape index (κ2) is 8.86. The fourth-order valence-corrected chi connectivity index (χ4v) is 4.64. The minimum absolute atomic E-state index is 0.0742. The molecule has 1 atom stereocenters. The summed E-state index contributed by atoms with van der Waals surface area (Å²) in [5.41, 5.74) is 3.04. The first-order chi connectivity index (χ1) is 14.6. The van der Waals surface area contributed by atoms with Crippen LogP contribution in [0.1, 0.15) is 59.9 Å². The number of ether oxygens (including phenoxy) is 1. The van der Waals surface area contributed by atoms with Crippen LogP contribution in [0.5, 0.6) is 0 Å². The van der Waals surface area contributed by atoms with E-state index in [1.807, 2.05) is 49.4 Å². The average Bonchev–Trinajstić information content (AvgIpc) is 3.38. The molecule has 1 aromatic heterocycles. The lowest BCUT2D eigenvalue weighted by atomic mass is 9.76. The molecule has 1 aliphatic carbocycles. The van der Waals surface area contributed by atoms with Crippen molar-refractivity contribution in [1.29, 1.82) is 0 Å². The van der Waals surface area contributed by atoms with E-state index in [1.54, 1.807) is 4.90 Å². The monoisotopic (exact) mass is 407 g/mol. The number of aryl methyl sites for hydroxylation is 1. The summed E-state index contributed by atoms with van der Waals surface area (Å²) in [5.74, 6) is -0.290. The molecular weight excluding hydrogens is 378 g/mol. The van der Waals surface area contributed by atoms with Gasteiger partial charge in [0.25, 0.3) is 5.91 Å². The standard InChI is InChI=1S/C24H29N3O3/c1-2-30-23(29)24(14-7-11-18-9-4-3-5-10-18)15-8-16-27(17-24)22(28)21-19-12-6-13-20(19)25-26-21/h3-5,7,9-11H,2,6,8,12-17H2,1H3,(H,25,26). The van der Waals surface area contributed by atoms with Gasteiger partial charge in [0.1, 0.15) is 0 Å². The molecule has 1 aromatic carbocycles. The van der Waals surface area contributed by atoms with Gasteiger partial charge in [-0.3, -0.25) is 14.7 Å². The van der Waals surface area contributed by atoms with Crippen LogP contribution in [0.3, 0.4) is 0 Å². The molecular formula is C24H29N3O3. The van der Waals surface area contributed by atoms with Gasteiger partial charge in [-0.15, -0.1) is 0 Å². The number of H-pyrrole nitrogens is 1. The molecule has 6 heteroatoms. The SMILES string of the molecule is CCOC(=O)C1(CC=Cc2ccccc2)CCCN(C(=O)c2n[nH]c3c2CCC3)C1. The number of aromatic amines is 1. The molecule has 30 heavy (non-hydrogen) atoms. The molecule has 1 aliphatic heterocycles. The Morgan fingerprint density at radius 3 is 2.87 bits per heavy atom. The number of rotatable bonds is 6. The van der Waals surface area contributed by atoms with Gasteiger partial charge in [-0.05, 0) is 51.0 Å². The number of benzene rings is 1. The molecule has 0 spiro atoms. The van der Waals surface area contributed by atoms with Crippen LogP contribution < -0.4 is 0 Å². The van der Waals surface area contributed by atoms with Gasteiger partial charge in [0, 0.05) is 24.3 Å². The summed E-state index contributed by atoms with van der Waals surface area (Å²) in [4.78, 5) is 28.0. The van der Waals surface area contributed by atoms with Gasteiger partial charge in [-0.1, -0.05) is 42.5 Å². The number of carbonyl (C=O) groups is 2. The van der Waals surface area contributed by atoms with Gasteiger partial charge in [0.05, 0.1) is 12.0 Å². The van der Waals surface area contributed by atoms with E-state index in [9.17, 15) is 9.59 Å². The second-order valence-electron chi connectivity index (χ2n) is 8.23. The number of hydrogen-bond donors (Lipinski definition) is 1. The summed E-state index contributed by atoms with van der Waals surface area (Å²) in [6.45, 7) is 3.17.